The van der Waals surface area contributed by atoms with Gasteiger partial charge in [0.1, 0.15) is 11.3 Å². The van der Waals surface area contributed by atoms with Gasteiger partial charge in [-0.15, -0.1) is 0 Å². The van der Waals surface area contributed by atoms with Crippen LogP contribution in [0, 0.1) is 0 Å². The van der Waals surface area contributed by atoms with Crippen molar-refractivity contribution in [3.63, 3.8) is 0 Å². The van der Waals surface area contributed by atoms with E-state index in [0.717, 1.165) is 29.5 Å². The van der Waals surface area contributed by atoms with Gasteiger partial charge in [0, 0.05) is 5.56 Å². The van der Waals surface area contributed by atoms with E-state index in [4.69, 9.17) is 4.74 Å². The van der Waals surface area contributed by atoms with Crippen molar-refractivity contribution in [2.24, 2.45) is 4.99 Å². The Kier molecular flexibility index (Phi) is 1.90. The number of hydrogen-bond donors (Lipinski definition) is 1. The lowest BCUT2D eigenvalue weighted by atomic mass is 9.98. The number of ether oxygens (including phenoxy) is 1. The summed E-state index contributed by atoms with van der Waals surface area (Å²) in [5.74, 6) is 0.209. The number of rotatable bonds is 2. The molecular weight excluding hydrogens is 206 g/mol. The number of nitrogens with zero attached hydrogens (tertiary/aromatic N) is 1. The third-order valence-corrected chi connectivity index (χ3v) is 3.32. The molecule has 1 fully saturated rings. The van der Waals surface area contributed by atoms with Crippen molar-refractivity contribution >= 4 is 6.08 Å². The maximum absolute atomic E-state index is 10.4. The summed E-state index contributed by atoms with van der Waals surface area (Å²) in [6.45, 7) is 1.12. The maximum atomic E-state index is 10.4. The van der Waals surface area contributed by atoms with Crippen LogP contribution in [-0.2, 0) is 28.3 Å². The molecule has 4 nitrogen and oxygen atoms in total. The van der Waals surface area contributed by atoms with Crippen LogP contribution in [-0.4, -0.2) is 11.2 Å². The molecule has 1 aromatic carbocycles. The van der Waals surface area contributed by atoms with E-state index in [1.165, 1.54) is 0 Å². The fourth-order valence-corrected chi connectivity index (χ4v) is 2.24. The Morgan fingerprint density at radius 2 is 2.00 bits per heavy atom. The predicted molar refractivity (Wildman–Crippen MR) is 55.6 cm³/mol. The van der Waals surface area contributed by atoms with Gasteiger partial charge in [0.05, 0.1) is 13.2 Å². The van der Waals surface area contributed by atoms with Gasteiger partial charge in [0.25, 0.3) is 0 Å². The third-order valence-electron chi connectivity index (χ3n) is 3.32. The summed E-state index contributed by atoms with van der Waals surface area (Å²) in [7, 11) is 0. The van der Waals surface area contributed by atoms with E-state index >= 15 is 0 Å². The van der Waals surface area contributed by atoms with Gasteiger partial charge in [0.15, 0.2) is 0 Å². The van der Waals surface area contributed by atoms with Gasteiger partial charge in [-0.1, -0.05) is 0 Å². The minimum absolute atomic E-state index is 0.209. The summed E-state index contributed by atoms with van der Waals surface area (Å²) in [4.78, 5) is 14.2. The van der Waals surface area contributed by atoms with E-state index in [1.807, 2.05) is 6.07 Å². The Morgan fingerprint density at radius 3 is 2.62 bits per heavy atom. The van der Waals surface area contributed by atoms with E-state index < -0.39 is 5.54 Å². The third kappa shape index (κ3) is 1.28. The van der Waals surface area contributed by atoms with Crippen LogP contribution in [0.15, 0.2) is 17.1 Å². The number of aliphatic imine (C=N–C) groups is 1. The fourth-order valence-electron chi connectivity index (χ4n) is 2.24. The number of phenols is 1. The molecule has 0 amide bonds. The van der Waals surface area contributed by atoms with Crippen LogP contribution in [0.4, 0.5) is 0 Å². The van der Waals surface area contributed by atoms with Crippen LogP contribution < -0.4 is 0 Å². The molecule has 4 heteroatoms. The molecule has 1 N–H and O–H groups in total. The molecule has 2 aliphatic rings. The van der Waals surface area contributed by atoms with Crippen LogP contribution in [0.2, 0.25) is 0 Å². The first-order chi connectivity index (χ1) is 7.75. The quantitative estimate of drug-likeness (QED) is 0.606. The van der Waals surface area contributed by atoms with Gasteiger partial charge < -0.3 is 9.84 Å². The average Bonchev–Trinajstić information content (AvgIpc) is 2.89. The van der Waals surface area contributed by atoms with Crippen molar-refractivity contribution in [2.45, 2.75) is 31.6 Å². The molecule has 0 bridgehead atoms. The molecule has 0 saturated heterocycles. The molecule has 3 rings (SSSR count). The molecule has 1 saturated carbocycles. The second kappa shape index (κ2) is 3.17. The van der Waals surface area contributed by atoms with E-state index in [9.17, 15) is 9.90 Å². The first-order valence-corrected chi connectivity index (χ1v) is 5.27. The molecule has 0 atom stereocenters. The summed E-state index contributed by atoms with van der Waals surface area (Å²) in [5.41, 5.74) is 2.33. The van der Waals surface area contributed by atoms with Gasteiger partial charge in [-0.25, -0.2) is 4.79 Å². The monoisotopic (exact) mass is 217 g/mol. The van der Waals surface area contributed by atoms with Crippen LogP contribution in [0.25, 0.3) is 0 Å². The highest BCUT2D eigenvalue weighted by Crippen LogP contribution is 2.52. The molecule has 1 aliphatic carbocycles. The molecule has 0 spiro atoms. The SMILES string of the molecule is O=C=NC1(c2cc3c(cc2O)COC3)CC1. The lowest BCUT2D eigenvalue weighted by molar-refractivity contribution is 0.134. The van der Waals surface area contributed by atoms with Crippen molar-refractivity contribution < 1.29 is 14.6 Å². The zero-order valence-electron chi connectivity index (χ0n) is 8.69. The molecule has 0 unspecified atom stereocenters. The molecule has 16 heavy (non-hydrogen) atoms. The minimum atomic E-state index is -0.510. The largest absolute Gasteiger partial charge is 0.508 e. The van der Waals surface area contributed by atoms with E-state index in [-0.39, 0.29) is 5.75 Å². The second-order valence-corrected chi connectivity index (χ2v) is 4.37. The summed E-state index contributed by atoms with van der Waals surface area (Å²) < 4.78 is 5.30. The highest BCUT2D eigenvalue weighted by atomic mass is 16.5. The Bertz CT molecular complexity index is 499. The number of fused-ring (bicyclic) bond motifs is 1. The first kappa shape index (κ1) is 9.58. The van der Waals surface area contributed by atoms with E-state index in [1.54, 1.807) is 12.1 Å². The minimum Gasteiger partial charge on any atom is -0.508 e. The highest BCUT2D eigenvalue weighted by Gasteiger charge is 2.47. The van der Waals surface area contributed by atoms with E-state index in [0.29, 0.717) is 13.2 Å². The van der Waals surface area contributed by atoms with Crippen molar-refractivity contribution in [3.8, 4) is 5.75 Å². The number of carbonyl (C=O) groups excluding carboxylic acids is 1. The Balaban J connectivity index is 2.11. The second-order valence-electron chi connectivity index (χ2n) is 4.37. The molecule has 1 heterocycles. The average molecular weight is 217 g/mol. The molecule has 0 aromatic heterocycles. The summed E-state index contributed by atoms with van der Waals surface area (Å²) >= 11 is 0. The lowest BCUT2D eigenvalue weighted by Crippen LogP contribution is -2.04. The summed E-state index contributed by atoms with van der Waals surface area (Å²) in [5, 5.41) is 9.93. The van der Waals surface area contributed by atoms with Crippen LogP contribution in [0.5, 0.6) is 5.75 Å². The number of isocyanates is 1. The molecule has 1 aliphatic heterocycles. The van der Waals surface area contributed by atoms with Gasteiger partial charge in [-0.05, 0) is 36.1 Å². The van der Waals surface area contributed by atoms with Crippen LogP contribution in [0.3, 0.4) is 0 Å². The summed E-state index contributed by atoms with van der Waals surface area (Å²) in [6, 6.07) is 3.63. The van der Waals surface area contributed by atoms with Crippen molar-refractivity contribution in [1.29, 1.82) is 0 Å². The molecule has 82 valence electrons. The number of hydrogen-bond acceptors (Lipinski definition) is 4. The van der Waals surface area contributed by atoms with Crippen molar-refractivity contribution in [2.75, 3.05) is 0 Å². The standard InChI is InChI=1S/C12H11NO3/c14-7-13-12(1-2-12)10-3-8-5-16-6-9(8)4-11(10)15/h3-4,15H,1-2,5-6H2. The molecule has 0 radical (unpaired) electrons. The molecular formula is C12H11NO3. The van der Waals surface area contributed by atoms with Crippen LogP contribution >= 0.6 is 0 Å². The number of aromatic hydroxyl groups is 1. The first-order valence-electron chi connectivity index (χ1n) is 5.27. The predicted octanol–water partition coefficient (Wildman–Crippen LogP) is 1.75. The zero-order valence-corrected chi connectivity index (χ0v) is 8.69. The van der Waals surface area contributed by atoms with Gasteiger partial charge in [-0.3, -0.25) is 0 Å². The fraction of sp³-hybridized carbons (Fsp3) is 0.417. The highest BCUT2D eigenvalue weighted by molar-refractivity contribution is 5.51. The smallest absolute Gasteiger partial charge is 0.235 e. The Hall–Kier alpha value is -1.64. The number of benzene rings is 1. The van der Waals surface area contributed by atoms with Crippen molar-refractivity contribution in [1.82, 2.24) is 0 Å². The van der Waals surface area contributed by atoms with Gasteiger partial charge >= 0.3 is 0 Å². The Morgan fingerprint density at radius 1 is 1.31 bits per heavy atom. The van der Waals surface area contributed by atoms with E-state index in [2.05, 4.69) is 4.99 Å². The summed E-state index contributed by atoms with van der Waals surface area (Å²) in [6.07, 6.45) is 3.20. The van der Waals surface area contributed by atoms with Crippen molar-refractivity contribution in [3.05, 3.63) is 28.8 Å². The maximum Gasteiger partial charge on any atom is 0.235 e. The lowest BCUT2D eigenvalue weighted by Gasteiger charge is -2.12. The van der Waals surface area contributed by atoms with Gasteiger partial charge in [0.2, 0.25) is 6.08 Å². The zero-order chi connectivity index (χ0) is 11.2. The van der Waals surface area contributed by atoms with Crippen LogP contribution in [0.1, 0.15) is 29.5 Å². The normalized spacial score (nSPS) is 20.0. The Labute approximate surface area is 92.6 Å². The number of phenolic OH excluding ortho intramolecular Hbond substituents is 1. The van der Waals surface area contributed by atoms with Gasteiger partial charge in [-0.2, -0.15) is 4.99 Å². The topological polar surface area (TPSA) is 58.9 Å². The molecule has 1 aromatic rings.